The standard InChI is InChI=1S/C15H10ClF4NO2/c16-8-1-3-9(4-2-8)23-6-5-21-15(22)10-7-11(17)13(19)14(20)12(10)18/h1-4,7H,5-6H2,(H,21,22). The van der Waals surface area contributed by atoms with Crippen LogP contribution in [0.3, 0.4) is 0 Å². The molecule has 0 aliphatic rings. The zero-order chi connectivity index (χ0) is 17.0. The van der Waals surface area contributed by atoms with Crippen LogP contribution in [-0.2, 0) is 0 Å². The number of amides is 1. The first-order valence-electron chi connectivity index (χ1n) is 6.39. The van der Waals surface area contributed by atoms with Crippen molar-refractivity contribution in [2.45, 2.75) is 0 Å². The molecule has 0 radical (unpaired) electrons. The molecule has 1 N–H and O–H groups in total. The van der Waals surface area contributed by atoms with E-state index in [1.165, 1.54) is 0 Å². The summed E-state index contributed by atoms with van der Waals surface area (Å²) in [6, 6.07) is 6.72. The van der Waals surface area contributed by atoms with Gasteiger partial charge in [0.2, 0.25) is 0 Å². The molecular weight excluding hydrogens is 338 g/mol. The molecule has 1 amide bonds. The highest BCUT2D eigenvalue weighted by molar-refractivity contribution is 6.30. The highest BCUT2D eigenvalue weighted by Crippen LogP contribution is 2.18. The first kappa shape index (κ1) is 17.1. The van der Waals surface area contributed by atoms with Gasteiger partial charge in [0, 0.05) is 5.02 Å². The number of benzene rings is 2. The molecule has 2 aromatic carbocycles. The quantitative estimate of drug-likeness (QED) is 0.387. The van der Waals surface area contributed by atoms with Crippen LogP contribution in [0.2, 0.25) is 5.02 Å². The van der Waals surface area contributed by atoms with Crippen LogP contribution >= 0.6 is 11.6 Å². The van der Waals surface area contributed by atoms with Gasteiger partial charge in [-0.3, -0.25) is 4.79 Å². The molecule has 0 aliphatic heterocycles. The molecular formula is C15H10ClF4NO2. The molecule has 0 bridgehead atoms. The number of halogens is 5. The largest absolute Gasteiger partial charge is 0.492 e. The molecule has 2 aromatic rings. The SMILES string of the molecule is O=C(NCCOc1ccc(Cl)cc1)c1cc(F)c(F)c(F)c1F. The minimum Gasteiger partial charge on any atom is -0.492 e. The second-order valence-corrected chi connectivity index (χ2v) is 4.84. The number of carbonyl (C=O) groups excluding carboxylic acids is 1. The predicted octanol–water partition coefficient (Wildman–Crippen LogP) is 3.71. The van der Waals surface area contributed by atoms with Gasteiger partial charge in [0.05, 0.1) is 12.1 Å². The van der Waals surface area contributed by atoms with Gasteiger partial charge in [0.1, 0.15) is 12.4 Å². The Morgan fingerprint density at radius 2 is 1.70 bits per heavy atom. The Labute approximate surface area is 133 Å². The molecule has 0 spiro atoms. The minimum absolute atomic E-state index is 0.0289. The van der Waals surface area contributed by atoms with Crippen LogP contribution in [0.5, 0.6) is 5.75 Å². The van der Waals surface area contributed by atoms with E-state index in [-0.39, 0.29) is 13.2 Å². The second-order valence-electron chi connectivity index (χ2n) is 4.41. The summed E-state index contributed by atoms with van der Waals surface area (Å²) < 4.78 is 57.6. The first-order chi connectivity index (χ1) is 10.9. The summed E-state index contributed by atoms with van der Waals surface area (Å²) in [6.45, 7) is -0.0251. The fourth-order valence-electron chi connectivity index (χ4n) is 1.70. The third kappa shape index (κ3) is 4.13. The highest BCUT2D eigenvalue weighted by Gasteiger charge is 2.22. The topological polar surface area (TPSA) is 38.3 Å². The molecule has 0 heterocycles. The van der Waals surface area contributed by atoms with Crippen molar-refractivity contribution in [1.29, 1.82) is 0 Å². The van der Waals surface area contributed by atoms with Gasteiger partial charge in [0.25, 0.3) is 5.91 Å². The van der Waals surface area contributed by atoms with Crippen LogP contribution in [-0.4, -0.2) is 19.1 Å². The monoisotopic (exact) mass is 347 g/mol. The van der Waals surface area contributed by atoms with Gasteiger partial charge in [0.15, 0.2) is 23.3 Å². The first-order valence-corrected chi connectivity index (χ1v) is 6.77. The molecule has 8 heteroatoms. The molecule has 3 nitrogen and oxygen atoms in total. The molecule has 0 saturated heterocycles. The zero-order valence-corrected chi connectivity index (χ0v) is 12.3. The van der Waals surface area contributed by atoms with Crippen LogP contribution in [0.1, 0.15) is 10.4 Å². The molecule has 0 aromatic heterocycles. The lowest BCUT2D eigenvalue weighted by Gasteiger charge is -2.09. The van der Waals surface area contributed by atoms with Crippen LogP contribution in [0.25, 0.3) is 0 Å². The van der Waals surface area contributed by atoms with Crippen molar-refractivity contribution >= 4 is 17.5 Å². The van der Waals surface area contributed by atoms with E-state index < -0.39 is 34.7 Å². The van der Waals surface area contributed by atoms with Crippen molar-refractivity contribution < 1.29 is 27.1 Å². The van der Waals surface area contributed by atoms with Crippen LogP contribution in [0.15, 0.2) is 30.3 Å². The number of hydrogen-bond acceptors (Lipinski definition) is 2. The summed E-state index contributed by atoms with van der Waals surface area (Å²) in [4.78, 5) is 11.7. The Bertz CT molecular complexity index is 722. The normalized spacial score (nSPS) is 10.5. The lowest BCUT2D eigenvalue weighted by molar-refractivity contribution is 0.0941. The number of nitrogens with one attached hydrogen (secondary N) is 1. The fraction of sp³-hybridized carbons (Fsp3) is 0.133. The molecule has 0 fully saturated rings. The Balaban J connectivity index is 1.91. The van der Waals surface area contributed by atoms with Crippen molar-refractivity contribution in [2.75, 3.05) is 13.2 Å². The average molecular weight is 348 g/mol. The minimum atomic E-state index is -2.03. The molecule has 23 heavy (non-hydrogen) atoms. The zero-order valence-electron chi connectivity index (χ0n) is 11.5. The van der Waals surface area contributed by atoms with Crippen molar-refractivity contribution in [2.24, 2.45) is 0 Å². The maximum atomic E-state index is 13.4. The summed E-state index contributed by atoms with van der Waals surface area (Å²) in [6.07, 6.45) is 0. The van der Waals surface area contributed by atoms with E-state index in [4.69, 9.17) is 16.3 Å². The third-order valence-electron chi connectivity index (χ3n) is 2.82. The van der Waals surface area contributed by atoms with E-state index in [0.29, 0.717) is 16.8 Å². The Hall–Kier alpha value is -2.28. The number of hydrogen-bond donors (Lipinski definition) is 1. The third-order valence-corrected chi connectivity index (χ3v) is 3.07. The second kappa shape index (κ2) is 7.32. The molecule has 0 aliphatic carbocycles. The van der Waals surface area contributed by atoms with Gasteiger partial charge in [-0.05, 0) is 30.3 Å². The van der Waals surface area contributed by atoms with E-state index in [9.17, 15) is 22.4 Å². The van der Waals surface area contributed by atoms with Crippen LogP contribution < -0.4 is 10.1 Å². The van der Waals surface area contributed by atoms with Crippen molar-refractivity contribution in [3.63, 3.8) is 0 Å². The molecule has 0 unspecified atom stereocenters. The summed E-state index contributed by atoms with van der Waals surface area (Å²) in [7, 11) is 0. The van der Waals surface area contributed by atoms with Crippen molar-refractivity contribution in [3.8, 4) is 5.75 Å². The van der Waals surface area contributed by atoms with E-state index in [1.54, 1.807) is 24.3 Å². The maximum Gasteiger partial charge on any atom is 0.254 e. The summed E-state index contributed by atoms with van der Waals surface area (Å²) in [5, 5.41) is 2.74. The summed E-state index contributed by atoms with van der Waals surface area (Å²) >= 11 is 5.70. The van der Waals surface area contributed by atoms with E-state index in [2.05, 4.69) is 5.32 Å². The summed E-state index contributed by atoms with van der Waals surface area (Å²) in [5.74, 6) is -7.99. The van der Waals surface area contributed by atoms with E-state index >= 15 is 0 Å². The van der Waals surface area contributed by atoms with Gasteiger partial charge >= 0.3 is 0 Å². The van der Waals surface area contributed by atoms with E-state index in [0.717, 1.165) is 0 Å². The smallest absolute Gasteiger partial charge is 0.254 e. The lowest BCUT2D eigenvalue weighted by Crippen LogP contribution is -2.29. The van der Waals surface area contributed by atoms with Gasteiger partial charge in [-0.15, -0.1) is 0 Å². The molecule has 2 rings (SSSR count). The molecule has 0 atom stereocenters. The maximum absolute atomic E-state index is 13.4. The van der Waals surface area contributed by atoms with Gasteiger partial charge < -0.3 is 10.1 Å². The molecule has 122 valence electrons. The highest BCUT2D eigenvalue weighted by atomic mass is 35.5. The van der Waals surface area contributed by atoms with Crippen LogP contribution in [0.4, 0.5) is 17.6 Å². The lowest BCUT2D eigenvalue weighted by atomic mass is 10.1. The average Bonchev–Trinajstić information content (AvgIpc) is 2.54. The Kier molecular flexibility index (Phi) is 5.44. The van der Waals surface area contributed by atoms with E-state index in [1.807, 2.05) is 0 Å². The van der Waals surface area contributed by atoms with Crippen molar-refractivity contribution in [3.05, 3.63) is 64.2 Å². The van der Waals surface area contributed by atoms with Gasteiger partial charge in [-0.1, -0.05) is 11.6 Å². The Morgan fingerprint density at radius 1 is 1.04 bits per heavy atom. The van der Waals surface area contributed by atoms with Crippen molar-refractivity contribution in [1.82, 2.24) is 5.32 Å². The Morgan fingerprint density at radius 3 is 2.35 bits per heavy atom. The van der Waals surface area contributed by atoms with Gasteiger partial charge in [-0.2, -0.15) is 0 Å². The van der Waals surface area contributed by atoms with Crippen LogP contribution in [0, 0.1) is 23.3 Å². The predicted molar refractivity (Wildman–Crippen MR) is 75.6 cm³/mol. The molecule has 0 saturated carbocycles. The van der Waals surface area contributed by atoms with Gasteiger partial charge in [-0.25, -0.2) is 17.6 Å². The number of rotatable bonds is 5. The number of carbonyl (C=O) groups is 1. The number of ether oxygens (including phenoxy) is 1. The fourth-order valence-corrected chi connectivity index (χ4v) is 1.82. The summed E-state index contributed by atoms with van der Waals surface area (Å²) in [5.41, 5.74) is -0.923.